The van der Waals surface area contributed by atoms with Gasteiger partial charge in [0.2, 0.25) is 0 Å². The third-order valence-electron chi connectivity index (χ3n) is 2.31. The molecule has 0 aliphatic carbocycles. The van der Waals surface area contributed by atoms with Crippen LogP contribution < -0.4 is 4.74 Å². The maximum atomic E-state index is 12.2. The number of ether oxygens (including phenoxy) is 1. The van der Waals surface area contributed by atoms with E-state index in [4.69, 9.17) is 5.26 Å². The summed E-state index contributed by atoms with van der Waals surface area (Å²) in [7, 11) is 0. The van der Waals surface area contributed by atoms with Crippen molar-refractivity contribution in [2.45, 2.75) is 6.61 Å². The topological polar surface area (TPSA) is 45.9 Å². The quantitative estimate of drug-likeness (QED) is 0.835. The van der Waals surface area contributed by atoms with Crippen molar-refractivity contribution >= 4 is 0 Å². The predicted molar refractivity (Wildman–Crippen MR) is 61.0 cm³/mol. The van der Waals surface area contributed by atoms with Crippen LogP contribution in [0.2, 0.25) is 0 Å². The molecule has 0 fully saturated rings. The van der Waals surface area contributed by atoms with Crippen molar-refractivity contribution in [3.8, 4) is 22.9 Å². The molecule has 3 nitrogen and oxygen atoms in total. The second-order valence-corrected chi connectivity index (χ2v) is 3.44. The number of nitrogens with zero attached hydrogens (tertiary/aromatic N) is 2. The van der Waals surface area contributed by atoms with Gasteiger partial charge in [0, 0.05) is 18.0 Å². The molecular formula is C13H8F2N2O. The van der Waals surface area contributed by atoms with Crippen molar-refractivity contribution in [1.29, 1.82) is 5.26 Å². The van der Waals surface area contributed by atoms with Crippen molar-refractivity contribution in [1.82, 2.24) is 4.98 Å². The van der Waals surface area contributed by atoms with Crippen molar-refractivity contribution in [3.63, 3.8) is 0 Å². The van der Waals surface area contributed by atoms with Gasteiger partial charge in [0.1, 0.15) is 11.8 Å². The molecule has 0 aliphatic rings. The highest BCUT2D eigenvalue weighted by atomic mass is 19.3. The first-order chi connectivity index (χ1) is 8.70. The van der Waals surface area contributed by atoms with Crippen LogP contribution in [0.15, 0.2) is 42.7 Å². The number of hydrogen-bond donors (Lipinski definition) is 0. The predicted octanol–water partition coefficient (Wildman–Crippen LogP) is 3.22. The van der Waals surface area contributed by atoms with Crippen LogP contribution in [-0.2, 0) is 0 Å². The van der Waals surface area contributed by atoms with E-state index in [0.717, 1.165) is 5.56 Å². The van der Waals surface area contributed by atoms with Crippen molar-refractivity contribution < 1.29 is 13.5 Å². The van der Waals surface area contributed by atoms with E-state index in [9.17, 15) is 8.78 Å². The number of hydrogen-bond acceptors (Lipinski definition) is 3. The summed E-state index contributed by atoms with van der Waals surface area (Å²) in [6, 6.07) is 9.84. The average Bonchev–Trinajstić information content (AvgIpc) is 2.39. The smallest absolute Gasteiger partial charge is 0.387 e. The first-order valence-corrected chi connectivity index (χ1v) is 5.10. The Morgan fingerprint density at radius 3 is 2.67 bits per heavy atom. The van der Waals surface area contributed by atoms with E-state index in [2.05, 4.69) is 9.72 Å². The molecule has 0 amide bonds. The summed E-state index contributed by atoms with van der Waals surface area (Å²) in [5, 5.41) is 8.81. The van der Waals surface area contributed by atoms with Gasteiger partial charge in [-0.05, 0) is 23.8 Å². The molecule has 18 heavy (non-hydrogen) atoms. The summed E-state index contributed by atoms with van der Waals surface area (Å²) in [4.78, 5) is 3.94. The molecule has 0 aliphatic heterocycles. The minimum absolute atomic E-state index is 0.0722. The van der Waals surface area contributed by atoms with Gasteiger partial charge in [0.05, 0.1) is 5.56 Å². The van der Waals surface area contributed by atoms with Crippen LogP contribution in [0.5, 0.6) is 5.75 Å². The highest BCUT2D eigenvalue weighted by Crippen LogP contribution is 2.27. The number of rotatable bonds is 3. The lowest BCUT2D eigenvalue weighted by molar-refractivity contribution is -0.0500. The lowest BCUT2D eigenvalue weighted by atomic mass is 10.1. The van der Waals surface area contributed by atoms with Crippen molar-refractivity contribution in [2.24, 2.45) is 0 Å². The van der Waals surface area contributed by atoms with Crippen molar-refractivity contribution in [3.05, 3.63) is 48.3 Å². The maximum absolute atomic E-state index is 12.2. The molecule has 2 aromatic rings. The van der Waals surface area contributed by atoms with Gasteiger partial charge in [0.15, 0.2) is 0 Å². The third kappa shape index (κ3) is 2.61. The number of nitriles is 1. The molecule has 0 saturated carbocycles. The van der Waals surface area contributed by atoms with E-state index in [1.807, 2.05) is 0 Å². The van der Waals surface area contributed by atoms with Gasteiger partial charge in [0.25, 0.3) is 0 Å². The van der Waals surface area contributed by atoms with E-state index in [0.29, 0.717) is 5.56 Å². The van der Waals surface area contributed by atoms with Crippen LogP contribution in [0.25, 0.3) is 11.1 Å². The molecule has 0 spiro atoms. The summed E-state index contributed by atoms with van der Waals surface area (Å²) in [5.74, 6) is -0.131. The van der Waals surface area contributed by atoms with Gasteiger partial charge in [-0.1, -0.05) is 12.1 Å². The Morgan fingerprint density at radius 2 is 2.06 bits per heavy atom. The second-order valence-electron chi connectivity index (χ2n) is 3.44. The summed E-state index contributed by atoms with van der Waals surface area (Å²) in [6.07, 6.45) is 3.22. The van der Waals surface area contributed by atoms with E-state index < -0.39 is 6.61 Å². The fourth-order valence-corrected chi connectivity index (χ4v) is 1.52. The van der Waals surface area contributed by atoms with E-state index in [-0.39, 0.29) is 11.3 Å². The van der Waals surface area contributed by atoms with Gasteiger partial charge < -0.3 is 4.74 Å². The Labute approximate surface area is 102 Å². The van der Waals surface area contributed by atoms with E-state index in [1.165, 1.54) is 12.1 Å². The summed E-state index contributed by atoms with van der Waals surface area (Å²) in [6.45, 7) is -2.96. The maximum Gasteiger partial charge on any atom is 0.387 e. The average molecular weight is 246 g/mol. The van der Waals surface area contributed by atoms with Crippen LogP contribution in [0.4, 0.5) is 8.78 Å². The molecule has 2 rings (SSSR count). The highest BCUT2D eigenvalue weighted by molar-refractivity contribution is 5.66. The van der Waals surface area contributed by atoms with Crippen LogP contribution in [0.1, 0.15) is 5.56 Å². The molecule has 1 aromatic carbocycles. The molecule has 0 bridgehead atoms. The van der Waals surface area contributed by atoms with Gasteiger partial charge in [-0.15, -0.1) is 0 Å². The minimum Gasteiger partial charge on any atom is -0.433 e. The molecule has 90 valence electrons. The van der Waals surface area contributed by atoms with Gasteiger partial charge >= 0.3 is 6.61 Å². The molecule has 0 unspecified atom stereocenters. The third-order valence-corrected chi connectivity index (χ3v) is 2.31. The van der Waals surface area contributed by atoms with E-state index >= 15 is 0 Å². The fourth-order valence-electron chi connectivity index (χ4n) is 1.52. The van der Waals surface area contributed by atoms with Gasteiger partial charge in [-0.3, -0.25) is 4.98 Å². The minimum atomic E-state index is -2.96. The summed E-state index contributed by atoms with van der Waals surface area (Å²) < 4.78 is 28.8. The van der Waals surface area contributed by atoms with Crippen LogP contribution in [0.3, 0.4) is 0 Å². The zero-order valence-electron chi connectivity index (χ0n) is 9.18. The standard InChI is InChI=1S/C13H8F2N2O/c14-13(15)18-12-6-9(3-4-10(12)7-16)11-2-1-5-17-8-11/h1-6,8,13H. The number of aromatic nitrogens is 1. The van der Waals surface area contributed by atoms with Crippen LogP contribution in [0, 0.1) is 11.3 Å². The molecule has 0 N–H and O–H groups in total. The van der Waals surface area contributed by atoms with Crippen molar-refractivity contribution in [2.75, 3.05) is 0 Å². The van der Waals surface area contributed by atoms with Gasteiger partial charge in [-0.25, -0.2) is 0 Å². The first-order valence-electron chi connectivity index (χ1n) is 5.10. The molecule has 1 heterocycles. The Kier molecular flexibility index (Phi) is 3.49. The number of halogens is 2. The normalized spacial score (nSPS) is 10.1. The molecule has 0 saturated heterocycles. The molecule has 0 radical (unpaired) electrons. The monoisotopic (exact) mass is 246 g/mol. The number of pyridine rings is 1. The largest absolute Gasteiger partial charge is 0.433 e. The lowest BCUT2D eigenvalue weighted by Crippen LogP contribution is -2.03. The Balaban J connectivity index is 2.43. The Hall–Kier alpha value is -2.48. The van der Waals surface area contributed by atoms with Crippen LogP contribution >= 0.6 is 0 Å². The SMILES string of the molecule is N#Cc1ccc(-c2cccnc2)cc1OC(F)F. The second kappa shape index (κ2) is 5.23. The highest BCUT2D eigenvalue weighted by Gasteiger charge is 2.11. The fraction of sp³-hybridized carbons (Fsp3) is 0.0769. The lowest BCUT2D eigenvalue weighted by Gasteiger charge is -2.08. The first kappa shape index (κ1) is 12.0. The number of benzene rings is 1. The Morgan fingerprint density at radius 1 is 1.22 bits per heavy atom. The van der Waals surface area contributed by atoms with E-state index in [1.54, 1.807) is 36.7 Å². The van der Waals surface area contributed by atoms with Gasteiger partial charge in [-0.2, -0.15) is 14.0 Å². The molecule has 5 heteroatoms. The molecule has 0 atom stereocenters. The molecule has 1 aromatic heterocycles. The Bertz CT molecular complexity index is 579. The zero-order chi connectivity index (χ0) is 13.0. The summed E-state index contributed by atoms with van der Waals surface area (Å²) >= 11 is 0. The molecular weight excluding hydrogens is 238 g/mol. The summed E-state index contributed by atoms with van der Waals surface area (Å²) in [5.41, 5.74) is 1.50. The number of alkyl halides is 2. The van der Waals surface area contributed by atoms with Crippen LogP contribution in [-0.4, -0.2) is 11.6 Å². The zero-order valence-corrected chi connectivity index (χ0v) is 9.18.